The lowest BCUT2D eigenvalue weighted by atomic mass is 9.91. The second-order valence-electron chi connectivity index (χ2n) is 9.17. The molecule has 0 spiro atoms. The van der Waals surface area contributed by atoms with Crippen molar-refractivity contribution in [2.24, 2.45) is 4.99 Å². The zero-order valence-corrected chi connectivity index (χ0v) is 18.6. The van der Waals surface area contributed by atoms with Gasteiger partial charge in [0.1, 0.15) is 5.82 Å². The number of nitrogens with zero attached hydrogens (tertiary/aromatic N) is 3. The van der Waals surface area contributed by atoms with Gasteiger partial charge in [-0.2, -0.15) is 0 Å². The summed E-state index contributed by atoms with van der Waals surface area (Å²) in [6.45, 7) is 5.85. The number of rotatable bonds is 3. The van der Waals surface area contributed by atoms with Gasteiger partial charge in [-0.15, -0.1) is 0 Å². The van der Waals surface area contributed by atoms with Gasteiger partial charge in [-0.1, -0.05) is 24.3 Å². The van der Waals surface area contributed by atoms with Crippen molar-refractivity contribution in [3.8, 4) is 0 Å². The minimum atomic E-state index is -0.254. The smallest absolute Gasteiger partial charge is 0.317 e. The number of nitrogens with one attached hydrogen (secondary N) is 1. The van der Waals surface area contributed by atoms with Crippen LogP contribution in [0.15, 0.2) is 64.7 Å². The summed E-state index contributed by atoms with van der Waals surface area (Å²) in [5.41, 5.74) is 6.81. The summed E-state index contributed by atoms with van der Waals surface area (Å²) in [6, 6.07) is 15.0. The Morgan fingerprint density at radius 3 is 2.69 bits per heavy atom. The highest BCUT2D eigenvalue weighted by molar-refractivity contribution is 6.15. The Balaban J connectivity index is 1.30. The Hall–Kier alpha value is -2.99. The van der Waals surface area contributed by atoms with Gasteiger partial charge in [0.15, 0.2) is 0 Å². The van der Waals surface area contributed by atoms with E-state index in [0.29, 0.717) is 19.6 Å². The maximum atomic E-state index is 13.4. The molecule has 5 nitrogen and oxygen atoms in total. The summed E-state index contributed by atoms with van der Waals surface area (Å²) >= 11 is 0. The average molecular weight is 433 g/mol. The van der Waals surface area contributed by atoms with Gasteiger partial charge in [0, 0.05) is 37.7 Å². The number of aliphatic imine (C=N–C) groups is 1. The van der Waals surface area contributed by atoms with Gasteiger partial charge in [-0.3, -0.25) is 4.99 Å². The molecule has 2 aromatic carbocycles. The van der Waals surface area contributed by atoms with E-state index in [1.807, 2.05) is 4.90 Å². The quantitative estimate of drug-likeness (QED) is 0.803. The second kappa shape index (κ2) is 8.51. The predicted octanol–water partition coefficient (Wildman–Crippen LogP) is 3.75. The van der Waals surface area contributed by atoms with Crippen LogP contribution in [0.4, 0.5) is 9.18 Å². The lowest BCUT2D eigenvalue weighted by molar-refractivity contribution is 0.196. The Bertz CT molecular complexity index is 1090. The molecule has 1 N–H and O–H groups in total. The fourth-order valence-electron chi connectivity index (χ4n) is 5.25. The van der Waals surface area contributed by atoms with Crippen LogP contribution in [0.5, 0.6) is 0 Å². The van der Waals surface area contributed by atoms with Gasteiger partial charge < -0.3 is 15.1 Å². The Kier molecular flexibility index (Phi) is 5.55. The summed E-state index contributed by atoms with van der Waals surface area (Å²) in [5.74, 6) is 0.0310. The summed E-state index contributed by atoms with van der Waals surface area (Å²) in [7, 11) is 2.11. The fraction of sp³-hybridized carbons (Fsp3) is 0.385. The molecule has 1 saturated heterocycles. The molecule has 2 unspecified atom stereocenters. The number of likely N-dealkylation sites (tertiary alicyclic amines) is 1. The number of halogens is 1. The highest BCUT2D eigenvalue weighted by Gasteiger charge is 2.36. The first-order valence-electron chi connectivity index (χ1n) is 11.3. The Morgan fingerprint density at radius 2 is 1.91 bits per heavy atom. The molecule has 5 rings (SSSR count). The Labute approximate surface area is 188 Å². The van der Waals surface area contributed by atoms with Crippen molar-refractivity contribution in [2.75, 3.05) is 39.8 Å². The topological polar surface area (TPSA) is 47.9 Å². The standard InChI is InChI=1S/C26H29FN4O/c1-17-5-3-4-6-21(17)23-14-30(2)16-24(23)29-26(32)31-12-11-19-13-28-25(22(19)15-31)18-7-9-20(27)10-8-18/h3-10,23-24H,11-16H2,1-2H3,(H,29,32). The van der Waals surface area contributed by atoms with Crippen molar-refractivity contribution >= 4 is 11.7 Å². The third-order valence-corrected chi connectivity index (χ3v) is 6.98. The lowest BCUT2D eigenvalue weighted by Gasteiger charge is -2.31. The minimum absolute atomic E-state index is 0.0132. The molecule has 2 aromatic rings. The van der Waals surface area contributed by atoms with Crippen molar-refractivity contribution < 1.29 is 9.18 Å². The number of urea groups is 1. The van der Waals surface area contributed by atoms with Gasteiger partial charge in [0.25, 0.3) is 0 Å². The monoisotopic (exact) mass is 432 g/mol. The van der Waals surface area contributed by atoms with Gasteiger partial charge >= 0.3 is 6.03 Å². The normalized spacial score (nSPS) is 23.3. The van der Waals surface area contributed by atoms with Gasteiger partial charge in [-0.25, -0.2) is 9.18 Å². The molecule has 2 atom stereocenters. The first-order chi connectivity index (χ1) is 15.5. The molecule has 3 aliphatic heterocycles. The van der Waals surface area contributed by atoms with E-state index in [0.717, 1.165) is 36.4 Å². The largest absolute Gasteiger partial charge is 0.333 e. The van der Waals surface area contributed by atoms with Crippen LogP contribution in [-0.4, -0.2) is 67.4 Å². The molecule has 1 fully saturated rings. The van der Waals surface area contributed by atoms with Gasteiger partial charge in [0.2, 0.25) is 0 Å². The van der Waals surface area contributed by atoms with E-state index in [-0.39, 0.29) is 23.8 Å². The van der Waals surface area contributed by atoms with Gasteiger partial charge in [-0.05, 0) is 66.9 Å². The summed E-state index contributed by atoms with van der Waals surface area (Å²) < 4.78 is 13.4. The molecule has 32 heavy (non-hydrogen) atoms. The van der Waals surface area contributed by atoms with E-state index in [9.17, 15) is 9.18 Å². The van der Waals surface area contributed by atoms with Crippen LogP contribution in [0.25, 0.3) is 0 Å². The van der Waals surface area contributed by atoms with Crippen LogP contribution in [0.2, 0.25) is 0 Å². The van der Waals surface area contributed by atoms with Crippen LogP contribution in [0.3, 0.4) is 0 Å². The van der Waals surface area contributed by atoms with Crippen LogP contribution >= 0.6 is 0 Å². The Morgan fingerprint density at radius 1 is 1.12 bits per heavy atom. The van der Waals surface area contributed by atoms with E-state index >= 15 is 0 Å². The van der Waals surface area contributed by atoms with Crippen molar-refractivity contribution in [1.82, 2.24) is 15.1 Å². The van der Waals surface area contributed by atoms with Crippen molar-refractivity contribution in [2.45, 2.75) is 25.3 Å². The van der Waals surface area contributed by atoms with E-state index < -0.39 is 0 Å². The minimum Gasteiger partial charge on any atom is -0.333 e. The number of carbonyl (C=O) groups is 1. The van der Waals surface area contributed by atoms with Crippen molar-refractivity contribution in [1.29, 1.82) is 0 Å². The maximum Gasteiger partial charge on any atom is 0.317 e. The molecule has 6 heteroatoms. The molecule has 166 valence electrons. The third-order valence-electron chi connectivity index (χ3n) is 6.98. The van der Waals surface area contributed by atoms with Crippen LogP contribution < -0.4 is 5.32 Å². The molecule has 2 amide bonds. The molecule has 0 aromatic heterocycles. The molecule has 0 bridgehead atoms. The van der Waals surface area contributed by atoms with Crippen molar-refractivity contribution in [3.63, 3.8) is 0 Å². The first-order valence-corrected chi connectivity index (χ1v) is 11.3. The number of benzene rings is 2. The number of amides is 2. The van der Waals surface area contributed by atoms with E-state index in [4.69, 9.17) is 4.99 Å². The molecule has 0 saturated carbocycles. The predicted molar refractivity (Wildman–Crippen MR) is 125 cm³/mol. The number of aryl methyl sites for hydroxylation is 1. The molecule has 3 aliphatic rings. The third kappa shape index (κ3) is 3.95. The fourth-order valence-corrected chi connectivity index (χ4v) is 5.25. The molecular formula is C26H29FN4O. The number of carbonyl (C=O) groups excluding carboxylic acids is 1. The maximum absolute atomic E-state index is 13.4. The van der Waals surface area contributed by atoms with E-state index in [1.165, 1.54) is 28.8 Å². The van der Waals surface area contributed by atoms with Crippen LogP contribution in [0.1, 0.15) is 29.0 Å². The lowest BCUT2D eigenvalue weighted by Crippen LogP contribution is -2.49. The first kappa shape index (κ1) is 20.9. The zero-order valence-electron chi connectivity index (χ0n) is 18.6. The molecular weight excluding hydrogens is 403 g/mol. The zero-order chi connectivity index (χ0) is 22.2. The van der Waals surface area contributed by atoms with E-state index in [2.05, 4.69) is 48.5 Å². The summed E-state index contributed by atoms with van der Waals surface area (Å²) in [5, 5.41) is 3.33. The molecule has 0 radical (unpaired) electrons. The highest BCUT2D eigenvalue weighted by atomic mass is 19.1. The van der Waals surface area contributed by atoms with E-state index in [1.54, 1.807) is 12.1 Å². The van der Waals surface area contributed by atoms with Crippen molar-refractivity contribution in [3.05, 3.63) is 82.2 Å². The van der Waals surface area contributed by atoms with Crippen LogP contribution in [0, 0.1) is 12.7 Å². The summed E-state index contributed by atoms with van der Waals surface area (Å²) in [4.78, 5) is 22.2. The molecule has 0 aliphatic carbocycles. The van der Waals surface area contributed by atoms with Crippen LogP contribution in [-0.2, 0) is 0 Å². The average Bonchev–Trinajstić information content (AvgIpc) is 3.37. The summed E-state index contributed by atoms with van der Waals surface area (Å²) in [6.07, 6.45) is 0.836. The highest BCUT2D eigenvalue weighted by Crippen LogP contribution is 2.31. The number of hydrogen-bond acceptors (Lipinski definition) is 3. The number of hydrogen-bond donors (Lipinski definition) is 1. The second-order valence-corrected chi connectivity index (χ2v) is 9.17. The molecule has 3 heterocycles. The number of likely N-dealkylation sites (N-methyl/N-ethyl adjacent to an activating group) is 1. The van der Waals surface area contributed by atoms with Gasteiger partial charge in [0.05, 0.1) is 18.3 Å². The SMILES string of the molecule is Cc1ccccc1C1CN(C)CC1NC(=O)N1CCC2=C(C1)C(c1ccc(F)cc1)=NC2.